The van der Waals surface area contributed by atoms with Gasteiger partial charge in [0.15, 0.2) is 28.6 Å². The van der Waals surface area contributed by atoms with Gasteiger partial charge in [0, 0.05) is 11.1 Å². The zero-order valence-electron chi connectivity index (χ0n) is 18.8. The second-order valence-corrected chi connectivity index (χ2v) is 7.77. The lowest BCUT2D eigenvalue weighted by Gasteiger charge is -2.07. The van der Waals surface area contributed by atoms with E-state index in [4.69, 9.17) is 4.42 Å². The predicted molar refractivity (Wildman–Crippen MR) is 129 cm³/mol. The van der Waals surface area contributed by atoms with Crippen molar-refractivity contribution in [2.75, 3.05) is 0 Å². The van der Waals surface area contributed by atoms with Crippen molar-refractivity contribution >= 4 is 11.1 Å². The molecule has 0 N–H and O–H groups in total. The summed E-state index contributed by atoms with van der Waals surface area (Å²) in [5, 5.41) is 29.1. The fourth-order valence-corrected chi connectivity index (χ4v) is 3.84. The lowest BCUT2D eigenvalue weighted by molar-refractivity contribution is 0.612. The third kappa shape index (κ3) is 3.66. The van der Waals surface area contributed by atoms with Crippen molar-refractivity contribution in [3.05, 3.63) is 94.4 Å². The largest absolute Gasteiger partial charge is 0.434 e. The SMILES string of the molecule is N#CC(C#N)=C1N=c2ccc(-c3nc(-c4ccccc4)nc(-c4nc5ccccc5o4)n3)c(C#N)c2=N1. The molecule has 0 atom stereocenters. The molecule has 0 radical (unpaired) electrons. The maximum atomic E-state index is 10.1. The normalized spacial score (nSPS) is 11.5. The molecule has 0 fully saturated rings. The fourth-order valence-electron chi connectivity index (χ4n) is 3.84. The zero-order valence-corrected chi connectivity index (χ0v) is 18.8. The number of benzene rings is 3. The van der Waals surface area contributed by atoms with Crippen LogP contribution in [0.15, 0.2) is 92.5 Å². The summed E-state index contributed by atoms with van der Waals surface area (Å²) in [6, 6.07) is 25.6. The number of fused-ring (bicyclic) bond motifs is 2. The van der Waals surface area contributed by atoms with Gasteiger partial charge in [-0.2, -0.15) is 15.8 Å². The standard InChI is InChI=1S/C27H11N9O/c28-12-16(13-29)24-31-20-11-10-17(18(14-30)22(20)33-24)25-34-23(15-6-2-1-3-7-15)35-26(36-25)27-32-19-8-4-5-9-21(19)37-27/h1-11H. The van der Waals surface area contributed by atoms with Gasteiger partial charge < -0.3 is 4.42 Å². The molecule has 6 rings (SSSR count). The molecule has 0 unspecified atom stereocenters. The van der Waals surface area contributed by atoms with Crippen LogP contribution >= 0.6 is 0 Å². The van der Waals surface area contributed by atoms with Crippen molar-refractivity contribution in [2.24, 2.45) is 9.98 Å². The monoisotopic (exact) mass is 477 g/mol. The number of rotatable bonds is 3. The Hall–Kier alpha value is -6.05. The van der Waals surface area contributed by atoms with Gasteiger partial charge in [-0.05, 0) is 24.3 Å². The summed E-state index contributed by atoms with van der Waals surface area (Å²) < 4.78 is 5.90. The fraction of sp³-hybridized carbons (Fsp3) is 0. The lowest BCUT2D eigenvalue weighted by atomic mass is 10.1. The van der Waals surface area contributed by atoms with Gasteiger partial charge >= 0.3 is 0 Å². The Morgan fingerprint density at radius 3 is 2.19 bits per heavy atom. The third-order valence-corrected chi connectivity index (χ3v) is 5.55. The Labute approximate surface area is 208 Å². The molecule has 37 heavy (non-hydrogen) atoms. The van der Waals surface area contributed by atoms with Crippen molar-refractivity contribution in [1.82, 2.24) is 19.9 Å². The van der Waals surface area contributed by atoms with Crippen LogP contribution in [0.5, 0.6) is 0 Å². The number of hydrogen-bond acceptors (Lipinski definition) is 10. The Kier molecular flexibility index (Phi) is 5.01. The van der Waals surface area contributed by atoms with Crippen LogP contribution in [0.3, 0.4) is 0 Å². The van der Waals surface area contributed by atoms with Crippen LogP contribution < -0.4 is 10.7 Å². The molecule has 0 amide bonds. The van der Waals surface area contributed by atoms with Gasteiger partial charge in [0.25, 0.3) is 5.89 Å². The van der Waals surface area contributed by atoms with Crippen LogP contribution in [-0.4, -0.2) is 19.9 Å². The van der Waals surface area contributed by atoms with E-state index in [0.717, 1.165) is 5.56 Å². The van der Waals surface area contributed by atoms with Gasteiger partial charge in [0.2, 0.25) is 5.82 Å². The van der Waals surface area contributed by atoms with Gasteiger partial charge in [-0.25, -0.2) is 29.9 Å². The summed E-state index contributed by atoms with van der Waals surface area (Å²) in [5.41, 5.74) is 2.27. The van der Waals surface area contributed by atoms with Crippen LogP contribution in [0.25, 0.3) is 45.6 Å². The molecular weight excluding hydrogens is 466 g/mol. The minimum atomic E-state index is -0.244. The van der Waals surface area contributed by atoms with E-state index in [1.807, 2.05) is 48.5 Å². The van der Waals surface area contributed by atoms with Gasteiger partial charge in [-0.1, -0.05) is 42.5 Å². The molecular formula is C27H11N9O. The first-order valence-electron chi connectivity index (χ1n) is 10.9. The predicted octanol–water partition coefficient (Wildman–Crippen LogP) is 3.40. The molecule has 3 aromatic carbocycles. The van der Waals surface area contributed by atoms with Gasteiger partial charge in [-0.3, -0.25) is 0 Å². The molecule has 0 bridgehead atoms. The zero-order chi connectivity index (χ0) is 25.4. The highest BCUT2D eigenvalue weighted by molar-refractivity contribution is 5.76. The molecule has 3 heterocycles. The van der Waals surface area contributed by atoms with E-state index < -0.39 is 0 Å². The quantitative estimate of drug-likeness (QED) is 0.357. The highest BCUT2D eigenvalue weighted by Crippen LogP contribution is 2.27. The summed E-state index contributed by atoms with van der Waals surface area (Å²) >= 11 is 0. The summed E-state index contributed by atoms with van der Waals surface area (Å²) in [6.45, 7) is 0. The first-order valence-corrected chi connectivity index (χ1v) is 10.9. The lowest BCUT2D eigenvalue weighted by Crippen LogP contribution is -2.25. The number of oxazole rings is 1. The summed E-state index contributed by atoms with van der Waals surface area (Å²) in [4.78, 5) is 26.9. The van der Waals surface area contributed by atoms with Crippen LogP contribution in [0.4, 0.5) is 0 Å². The van der Waals surface area contributed by atoms with Crippen LogP contribution in [0.2, 0.25) is 0 Å². The van der Waals surface area contributed by atoms with Gasteiger partial charge in [0.05, 0.1) is 10.9 Å². The highest BCUT2D eigenvalue weighted by Gasteiger charge is 2.21. The summed E-state index contributed by atoms with van der Waals surface area (Å²) in [7, 11) is 0. The van der Waals surface area contributed by atoms with E-state index in [1.54, 1.807) is 30.3 Å². The average Bonchev–Trinajstić information content (AvgIpc) is 3.58. The average molecular weight is 477 g/mol. The van der Waals surface area contributed by atoms with Crippen molar-refractivity contribution < 1.29 is 4.42 Å². The molecule has 0 spiro atoms. The number of nitrogens with zero attached hydrogens (tertiary/aromatic N) is 9. The topological polar surface area (TPSA) is 161 Å². The van der Waals surface area contributed by atoms with E-state index in [2.05, 4.69) is 36.0 Å². The first-order chi connectivity index (χ1) is 18.2. The number of hydrogen-bond donors (Lipinski definition) is 0. The van der Waals surface area contributed by atoms with E-state index in [9.17, 15) is 15.8 Å². The highest BCUT2D eigenvalue weighted by atomic mass is 16.3. The minimum Gasteiger partial charge on any atom is -0.434 e. The third-order valence-electron chi connectivity index (χ3n) is 5.55. The van der Waals surface area contributed by atoms with Crippen LogP contribution in [0.1, 0.15) is 5.56 Å². The number of nitriles is 3. The number of aromatic nitrogens is 4. The Morgan fingerprint density at radius 1 is 0.703 bits per heavy atom. The summed E-state index contributed by atoms with van der Waals surface area (Å²) in [6.07, 6.45) is 0. The van der Waals surface area contributed by atoms with E-state index >= 15 is 0 Å². The molecule has 1 aliphatic rings. The Balaban J connectivity index is 1.61. The van der Waals surface area contributed by atoms with Crippen LogP contribution in [0, 0.1) is 34.0 Å². The molecule has 2 aromatic heterocycles. The van der Waals surface area contributed by atoms with Gasteiger partial charge in [-0.15, -0.1) is 0 Å². The van der Waals surface area contributed by atoms with Crippen molar-refractivity contribution in [2.45, 2.75) is 0 Å². The van der Waals surface area contributed by atoms with Gasteiger partial charge in [0.1, 0.15) is 29.1 Å². The van der Waals surface area contributed by atoms with E-state index in [0.29, 0.717) is 27.8 Å². The molecule has 10 heteroatoms. The van der Waals surface area contributed by atoms with E-state index in [1.165, 1.54) is 0 Å². The molecule has 1 aliphatic heterocycles. The number of allylic oxidation sites excluding steroid dienone is 1. The number of para-hydroxylation sites is 2. The van der Waals surface area contributed by atoms with E-state index in [-0.39, 0.29) is 39.9 Å². The molecule has 0 saturated carbocycles. The Morgan fingerprint density at radius 2 is 1.43 bits per heavy atom. The maximum Gasteiger partial charge on any atom is 0.266 e. The molecule has 0 saturated heterocycles. The molecule has 170 valence electrons. The van der Waals surface area contributed by atoms with Crippen LogP contribution in [-0.2, 0) is 0 Å². The molecule has 10 nitrogen and oxygen atoms in total. The smallest absolute Gasteiger partial charge is 0.266 e. The second kappa shape index (κ2) is 8.62. The first kappa shape index (κ1) is 21.5. The van der Waals surface area contributed by atoms with Crippen molar-refractivity contribution in [1.29, 1.82) is 15.8 Å². The summed E-state index contributed by atoms with van der Waals surface area (Å²) in [5.74, 6) is 0.938. The Bertz CT molecular complexity index is 1970. The molecule has 0 aliphatic carbocycles. The molecule has 5 aromatic rings. The van der Waals surface area contributed by atoms with Crippen molar-refractivity contribution in [3.63, 3.8) is 0 Å². The maximum absolute atomic E-state index is 10.1. The van der Waals surface area contributed by atoms with Crippen molar-refractivity contribution in [3.8, 4) is 52.7 Å². The minimum absolute atomic E-state index is 0.0403. The second-order valence-electron chi connectivity index (χ2n) is 7.77.